The van der Waals surface area contributed by atoms with Crippen molar-refractivity contribution in [3.63, 3.8) is 0 Å². The van der Waals surface area contributed by atoms with E-state index >= 15 is 0 Å². The van der Waals surface area contributed by atoms with Gasteiger partial charge in [0, 0.05) is 12.6 Å². The van der Waals surface area contributed by atoms with E-state index in [1.807, 2.05) is 0 Å². The maximum atomic E-state index is 12.6. The molecule has 0 heterocycles. The van der Waals surface area contributed by atoms with Crippen LogP contribution >= 0.6 is 0 Å². The van der Waals surface area contributed by atoms with Gasteiger partial charge in [-0.1, -0.05) is 0 Å². The second kappa shape index (κ2) is 4.69. The molecule has 6 heteroatoms. The fourth-order valence-electron chi connectivity index (χ4n) is 0.938. The lowest BCUT2D eigenvalue weighted by Gasteiger charge is -2.08. The van der Waals surface area contributed by atoms with Crippen molar-refractivity contribution in [3.8, 4) is 0 Å². The van der Waals surface area contributed by atoms with E-state index < -0.39 is 15.8 Å². The molecule has 0 aliphatic heterocycles. The van der Waals surface area contributed by atoms with Crippen molar-refractivity contribution in [2.45, 2.75) is 17.9 Å². The van der Waals surface area contributed by atoms with Crippen molar-refractivity contribution in [1.29, 1.82) is 0 Å². The minimum absolute atomic E-state index is 0.0320. The topological polar surface area (TPSA) is 72.2 Å². The van der Waals surface area contributed by atoms with Gasteiger partial charge in [0.15, 0.2) is 0 Å². The molecule has 15 heavy (non-hydrogen) atoms. The summed E-state index contributed by atoms with van der Waals surface area (Å²) in [6.45, 7) is 1.84. The summed E-state index contributed by atoms with van der Waals surface area (Å²) in [4.78, 5) is 0.0320. The van der Waals surface area contributed by atoms with Crippen molar-refractivity contribution in [3.05, 3.63) is 30.1 Å². The van der Waals surface area contributed by atoms with Gasteiger partial charge in [-0.2, -0.15) is 0 Å². The Morgan fingerprint density at radius 1 is 1.40 bits per heavy atom. The zero-order valence-electron chi connectivity index (χ0n) is 8.27. The van der Waals surface area contributed by atoms with Gasteiger partial charge in [-0.15, -0.1) is 0 Å². The van der Waals surface area contributed by atoms with Crippen LogP contribution in [0.15, 0.2) is 29.2 Å². The van der Waals surface area contributed by atoms with E-state index in [1.165, 1.54) is 12.1 Å². The van der Waals surface area contributed by atoms with Crippen LogP contribution in [0.25, 0.3) is 0 Å². The predicted molar refractivity (Wildman–Crippen MR) is 55.2 cm³/mol. The minimum Gasteiger partial charge on any atom is -0.327 e. The molecule has 0 aliphatic carbocycles. The Kier molecular flexibility index (Phi) is 3.78. The van der Waals surface area contributed by atoms with Crippen molar-refractivity contribution >= 4 is 10.0 Å². The summed E-state index contributed by atoms with van der Waals surface area (Å²) in [7, 11) is -3.57. The van der Waals surface area contributed by atoms with Gasteiger partial charge >= 0.3 is 0 Å². The van der Waals surface area contributed by atoms with Crippen LogP contribution in [0.2, 0.25) is 0 Å². The number of benzene rings is 1. The third-order valence-electron chi connectivity index (χ3n) is 1.72. The van der Waals surface area contributed by atoms with Crippen molar-refractivity contribution in [1.82, 2.24) is 4.72 Å². The lowest BCUT2D eigenvalue weighted by molar-refractivity contribution is 0.573. The van der Waals surface area contributed by atoms with Crippen LogP contribution < -0.4 is 10.5 Å². The third-order valence-corrected chi connectivity index (χ3v) is 3.16. The number of nitrogens with one attached hydrogen (secondary N) is 1. The Morgan fingerprint density at radius 3 is 2.40 bits per heavy atom. The maximum absolute atomic E-state index is 12.6. The highest BCUT2D eigenvalue weighted by Crippen LogP contribution is 2.09. The average molecular weight is 232 g/mol. The zero-order chi connectivity index (χ0) is 11.5. The Bertz CT molecular complexity index is 414. The Hall–Kier alpha value is -0.980. The molecule has 0 bridgehead atoms. The van der Waals surface area contributed by atoms with Gasteiger partial charge in [0.25, 0.3) is 0 Å². The van der Waals surface area contributed by atoms with Crippen molar-refractivity contribution in [2.24, 2.45) is 5.73 Å². The smallest absolute Gasteiger partial charge is 0.240 e. The van der Waals surface area contributed by atoms with E-state index in [9.17, 15) is 12.8 Å². The number of hydrogen-bond donors (Lipinski definition) is 2. The van der Waals surface area contributed by atoms with Crippen LogP contribution in [0.5, 0.6) is 0 Å². The third kappa shape index (κ3) is 3.58. The summed E-state index contributed by atoms with van der Waals surface area (Å²) in [6.07, 6.45) is 0. The van der Waals surface area contributed by atoms with Crippen molar-refractivity contribution in [2.75, 3.05) is 6.54 Å². The summed E-state index contributed by atoms with van der Waals surface area (Å²) >= 11 is 0. The first-order valence-corrected chi connectivity index (χ1v) is 5.91. The van der Waals surface area contributed by atoms with E-state index in [-0.39, 0.29) is 17.5 Å². The molecule has 1 atom stereocenters. The van der Waals surface area contributed by atoms with Gasteiger partial charge in [-0.25, -0.2) is 17.5 Å². The molecule has 0 fully saturated rings. The van der Waals surface area contributed by atoms with Gasteiger partial charge < -0.3 is 5.73 Å². The van der Waals surface area contributed by atoms with Gasteiger partial charge in [0.2, 0.25) is 10.0 Å². The predicted octanol–water partition coefficient (Wildman–Crippen LogP) is 0.451. The van der Waals surface area contributed by atoms with Gasteiger partial charge in [0.05, 0.1) is 4.90 Å². The Balaban J connectivity index is 2.82. The molecule has 84 valence electrons. The number of nitrogens with two attached hydrogens (primary N) is 1. The highest BCUT2D eigenvalue weighted by atomic mass is 32.2. The fourth-order valence-corrected chi connectivity index (χ4v) is 2.08. The normalized spacial score (nSPS) is 13.8. The zero-order valence-corrected chi connectivity index (χ0v) is 9.09. The monoisotopic (exact) mass is 232 g/mol. The van der Waals surface area contributed by atoms with Crippen LogP contribution in [-0.4, -0.2) is 21.0 Å². The standard InChI is InChI=1S/C9H13FN2O2S/c1-7(11)6-12-15(13,14)9-4-2-8(10)3-5-9/h2-5,7,12H,6,11H2,1H3. The number of sulfonamides is 1. The van der Waals surface area contributed by atoms with Gasteiger partial charge in [-0.05, 0) is 31.2 Å². The molecule has 1 rings (SSSR count). The molecule has 4 nitrogen and oxygen atoms in total. The number of halogens is 1. The largest absolute Gasteiger partial charge is 0.327 e. The summed E-state index contributed by atoms with van der Waals surface area (Å²) in [5, 5.41) is 0. The van der Waals surface area contributed by atoms with Crippen LogP contribution in [0.1, 0.15) is 6.92 Å². The Morgan fingerprint density at radius 2 is 1.93 bits per heavy atom. The number of rotatable bonds is 4. The molecule has 0 aromatic heterocycles. The first kappa shape index (κ1) is 12.1. The SMILES string of the molecule is CC(N)CNS(=O)(=O)c1ccc(F)cc1. The van der Waals surface area contributed by atoms with Crippen LogP contribution in [0.4, 0.5) is 4.39 Å². The minimum atomic E-state index is -3.57. The van der Waals surface area contributed by atoms with Crippen LogP contribution in [0, 0.1) is 5.82 Å². The molecule has 0 aliphatic rings. The highest BCUT2D eigenvalue weighted by Gasteiger charge is 2.13. The van der Waals surface area contributed by atoms with Gasteiger partial charge in [-0.3, -0.25) is 0 Å². The summed E-state index contributed by atoms with van der Waals surface area (Å²) in [6, 6.07) is 4.35. The molecule has 1 unspecified atom stereocenters. The van der Waals surface area contributed by atoms with Crippen LogP contribution in [0.3, 0.4) is 0 Å². The number of hydrogen-bond acceptors (Lipinski definition) is 3. The summed E-state index contributed by atoms with van der Waals surface area (Å²) in [5.74, 6) is -0.471. The second-order valence-corrected chi connectivity index (χ2v) is 5.05. The molecule has 1 aromatic carbocycles. The van der Waals surface area contributed by atoms with Crippen LogP contribution in [-0.2, 0) is 10.0 Å². The maximum Gasteiger partial charge on any atom is 0.240 e. The van der Waals surface area contributed by atoms with Gasteiger partial charge in [0.1, 0.15) is 5.82 Å². The average Bonchev–Trinajstić information content (AvgIpc) is 2.16. The molecule has 0 amide bonds. The quantitative estimate of drug-likeness (QED) is 0.791. The first-order chi connectivity index (χ1) is 6.92. The molecule has 0 saturated carbocycles. The highest BCUT2D eigenvalue weighted by molar-refractivity contribution is 7.89. The van der Waals surface area contributed by atoms with Crippen molar-refractivity contribution < 1.29 is 12.8 Å². The molecule has 3 N–H and O–H groups in total. The first-order valence-electron chi connectivity index (χ1n) is 4.42. The molecule has 0 saturated heterocycles. The molecule has 0 radical (unpaired) electrons. The Labute approximate surface area is 88.3 Å². The van der Waals surface area contributed by atoms with E-state index in [2.05, 4.69) is 4.72 Å². The fraction of sp³-hybridized carbons (Fsp3) is 0.333. The molecular formula is C9H13FN2O2S. The van der Waals surface area contributed by atoms with E-state index in [0.29, 0.717) is 0 Å². The lowest BCUT2D eigenvalue weighted by atomic mass is 10.4. The summed E-state index contributed by atoms with van der Waals surface area (Å²) < 4.78 is 38.0. The molecule has 0 spiro atoms. The van der Waals surface area contributed by atoms with E-state index in [4.69, 9.17) is 5.73 Å². The van der Waals surface area contributed by atoms with E-state index in [0.717, 1.165) is 12.1 Å². The van der Waals surface area contributed by atoms with E-state index in [1.54, 1.807) is 6.92 Å². The summed E-state index contributed by atoms with van der Waals surface area (Å²) in [5.41, 5.74) is 5.41. The molecule has 1 aromatic rings. The lowest BCUT2D eigenvalue weighted by Crippen LogP contribution is -2.35. The second-order valence-electron chi connectivity index (χ2n) is 3.28. The molecular weight excluding hydrogens is 219 g/mol.